The Kier molecular flexibility index (Phi) is 3.72. The van der Waals surface area contributed by atoms with Gasteiger partial charge in [0.25, 0.3) is 0 Å². The van der Waals surface area contributed by atoms with Gasteiger partial charge in [0.15, 0.2) is 0 Å². The van der Waals surface area contributed by atoms with E-state index < -0.39 is 0 Å². The zero-order valence-corrected chi connectivity index (χ0v) is 12.0. The van der Waals surface area contributed by atoms with Gasteiger partial charge in [0, 0.05) is 16.3 Å². The molecule has 1 fully saturated rings. The number of thiophene rings is 1. The largest absolute Gasteiger partial charge is 0.323 e. The third kappa shape index (κ3) is 2.35. The standard InChI is InChI=1S/C17H21NS/c18-16(15-10-7-13-19-15)17(11-5-2-6-12-17)14-8-3-1-4-9-14/h1,3-4,7-10,13,16H,2,5-6,11-12,18H2. The lowest BCUT2D eigenvalue weighted by Crippen LogP contribution is -2.40. The van der Waals surface area contributed by atoms with Crippen LogP contribution in [-0.2, 0) is 5.41 Å². The number of rotatable bonds is 3. The van der Waals surface area contributed by atoms with Gasteiger partial charge >= 0.3 is 0 Å². The summed E-state index contributed by atoms with van der Waals surface area (Å²) in [6, 6.07) is 15.3. The van der Waals surface area contributed by atoms with Crippen molar-refractivity contribution in [1.82, 2.24) is 0 Å². The van der Waals surface area contributed by atoms with Crippen LogP contribution in [0.25, 0.3) is 0 Å². The fourth-order valence-electron chi connectivity index (χ4n) is 3.47. The van der Waals surface area contributed by atoms with Crippen molar-refractivity contribution in [3.8, 4) is 0 Å². The Morgan fingerprint density at radius 2 is 1.68 bits per heavy atom. The topological polar surface area (TPSA) is 26.0 Å². The second kappa shape index (κ2) is 5.48. The second-order valence-corrected chi connectivity index (χ2v) is 6.56. The smallest absolute Gasteiger partial charge is 0.0487 e. The summed E-state index contributed by atoms with van der Waals surface area (Å²) in [5.74, 6) is 0. The van der Waals surface area contributed by atoms with Crippen LogP contribution in [0.2, 0.25) is 0 Å². The maximum absolute atomic E-state index is 6.69. The van der Waals surface area contributed by atoms with Gasteiger partial charge in [-0.1, -0.05) is 55.7 Å². The van der Waals surface area contributed by atoms with Gasteiger partial charge in [0.2, 0.25) is 0 Å². The highest BCUT2D eigenvalue weighted by Gasteiger charge is 2.40. The number of hydrogen-bond acceptors (Lipinski definition) is 2. The molecule has 1 aromatic heterocycles. The molecular formula is C17H21NS. The monoisotopic (exact) mass is 271 g/mol. The van der Waals surface area contributed by atoms with Crippen LogP contribution in [0.5, 0.6) is 0 Å². The summed E-state index contributed by atoms with van der Waals surface area (Å²) in [5, 5.41) is 2.14. The highest BCUT2D eigenvalue weighted by molar-refractivity contribution is 7.10. The third-order valence-corrected chi connectivity index (χ3v) is 5.49. The van der Waals surface area contributed by atoms with Crippen LogP contribution in [-0.4, -0.2) is 0 Å². The quantitative estimate of drug-likeness (QED) is 0.864. The van der Waals surface area contributed by atoms with E-state index in [-0.39, 0.29) is 11.5 Å². The van der Waals surface area contributed by atoms with E-state index in [0.717, 1.165) is 0 Å². The summed E-state index contributed by atoms with van der Waals surface area (Å²) in [6.45, 7) is 0. The molecule has 1 unspecified atom stereocenters. The lowest BCUT2D eigenvalue weighted by atomic mass is 9.65. The molecule has 1 aliphatic rings. The number of hydrogen-bond donors (Lipinski definition) is 1. The average Bonchev–Trinajstić information content (AvgIpc) is 3.02. The first-order valence-electron chi connectivity index (χ1n) is 7.17. The van der Waals surface area contributed by atoms with E-state index in [0.29, 0.717) is 0 Å². The van der Waals surface area contributed by atoms with E-state index >= 15 is 0 Å². The molecule has 1 atom stereocenters. The summed E-state index contributed by atoms with van der Waals surface area (Å²) in [5.41, 5.74) is 8.26. The van der Waals surface area contributed by atoms with Crippen LogP contribution in [0.15, 0.2) is 47.8 Å². The molecule has 2 heteroatoms. The van der Waals surface area contributed by atoms with Gasteiger partial charge < -0.3 is 5.73 Å². The van der Waals surface area contributed by atoms with Gasteiger partial charge in [-0.05, 0) is 29.9 Å². The zero-order valence-electron chi connectivity index (χ0n) is 11.2. The molecule has 1 aliphatic carbocycles. The normalized spacial score (nSPS) is 20.1. The lowest BCUT2D eigenvalue weighted by molar-refractivity contribution is 0.246. The van der Waals surface area contributed by atoms with Gasteiger partial charge in [-0.2, -0.15) is 0 Å². The molecule has 3 rings (SSSR count). The molecule has 1 saturated carbocycles. The van der Waals surface area contributed by atoms with Gasteiger partial charge in [-0.15, -0.1) is 11.3 Å². The zero-order chi connectivity index (χ0) is 13.1. The van der Waals surface area contributed by atoms with Crippen LogP contribution in [0.1, 0.15) is 48.6 Å². The van der Waals surface area contributed by atoms with E-state index in [2.05, 4.69) is 47.8 Å². The summed E-state index contributed by atoms with van der Waals surface area (Å²) in [7, 11) is 0. The van der Waals surface area contributed by atoms with Crippen molar-refractivity contribution in [2.24, 2.45) is 5.73 Å². The minimum atomic E-state index is 0.134. The van der Waals surface area contributed by atoms with Crippen molar-refractivity contribution in [3.05, 3.63) is 58.3 Å². The van der Waals surface area contributed by atoms with Crippen LogP contribution in [0, 0.1) is 0 Å². The van der Waals surface area contributed by atoms with Gasteiger partial charge in [-0.25, -0.2) is 0 Å². The van der Waals surface area contributed by atoms with E-state index in [9.17, 15) is 0 Å². The molecule has 1 aromatic carbocycles. The minimum absolute atomic E-state index is 0.134. The van der Waals surface area contributed by atoms with Crippen LogP contribution in [0.4, 0.5) is 0 Å². The third-order valence-electron chi connectivity index (χ3n) is 4.54. The Morgan fingerprint density at radius 1 is 0.947 bits per heavy atom. The molecule has 1 nitrogen and oxygen atoms in total. The predicted octanol–water partition coefficient (Wildman–Crippen LogP) is 4.65. The van der Waals surface area contributed by atoms with Crippen molar-refractivity contribution in [2.45, 2.75) is 43.6 Å². The molecule has 2 aromatic rings. The molecule has 1 heterocycles. The molecule has 100 valence electrons. The summed E-state index contributed by atoms with van der Waals surface area (Å²) in [6.07, 6.45) is 6.39. The Morgan fingerprint density at radius 3 is 2.32 bits per heavy atom. The summed E-state index contributed by atoms with van der Waals surface area (Å²) < 4.78 is 0. The van der Waals surface area contributed by atoms with Gasteiger partial charge in [-0.3, -0.25) is 0 Å². The first-order chi connectivity index (χ1) is 9.33. The Bertz CT molecular complexity index is 497. The highest BCUT2D eigenvalue weighted by Crippen LogP contribution is 2.47. The first kappa shape index (κ1) is 12.9. The fourth-order valence-corrected chi connectivity index (χ4v) is 4.32. The fraction of sp³-hybridized carbons (Fsp3) is 0.412. The molecule has 0 radical (unpaired) electrons. The SMILES string of the molecule is NC(c1cccs1)C1(c2ccccc2)CCCCC1. The van der Waals surface area contributed by atoms with Crippen LogP contribution in [0.3, 0.4) is 0 Å². The maximum Gasteiger partial charge on any atom is 0.0487 e. The van der Waals surface area contributed by atoms with Crippen molar-refractivity contribution in [3.63, 3.8) is 0 Å². The summed E-state index contributed by atoms with van der Waals surface area (Å²) >= 11 is 1.79. The van der Waals surface area contributed by atoms with Crippen LogP contribution >= 0.6 is 11.3 Å². The average molecular weight is 271 g/mol. The molecular weight excluding hydrogens is 250 g/mol. The lowest BCUT2D eigenvalue weighted by Gasteiger charge is -2.42. The molecule has 0 aliphatic heterocycles. The van der Waals surface area contributed by atoms with Crippen molar-refractivity contribution < 1.29 is 0 Å². The second-order valence-electron chi connectivity index (χ2n) is 5.58. The molecule has 2 N–H and O–H groups in total. The van der Waals surface area contributed by atoms with Crippen molar-refractivity contribution >= 4 is 11.3 Å². The first-order valence-corrected chi connectivity index (χ1v) is 8.05. The van der Waals surface area contributed by atoms with Crippen LogP contribution < -0.4 is 5.73 Å². The molecule has 19 heavy (non-hydrogen) atoms. The molecule has 0 spiro atoms. The van der Waals surface area contributed by atoms with Crippen molar-refractivity contribution in [2.75, 3.05) is 0 Å². The Hall–Kier alpha value is -1.12. The molecule has 0 saturated heterocycles. The highest BCUT2D eigenvalue weighted by atomic mass is 32.1. The predicted molar refractivity (Wildman–Crippen MR) is 82.5 cm³/mol. The summed E-state index contributed by atoms with van der Waals surface area (Å²) in [4.78, 5) is 1.32. The Labute approximate surface area is 119 Å². The Balaban J connectivity index is 2.02. The molecule has 0 bridgehead atoms. The van der Waals surface area contributed by atoms with E-state index in [4.69, 9.17) is 5.73 Å². The van der Waals surface area contributed by atoms with E-state index in [1.54, 1.807) is 11.3 Å². The number of nitrogens with two attached hydrogens (primary N) is 1. The minimum Gasteiger partial charge on any atom is -0.323 e. The van der Waals surface area contributed by atoms with Gasteiger partial charge in [0.1, 0.15) is 0 Å². The molecule has 0 amide bonds. The van der Waals surface area contributed by atoms with E-state index in [1.165, 1.54) is 42.5 Å². The van der Waals surface area contributed by atoms with E-state index in [1.807, 2.05) is 0 Å². The van der Waals surface area contributed by atoms with Crippen molar-refractivity contribution in [1.29, 1.82) is 0 Å². The number of benzene rings is 1. The van der Waals surface area contributed by atoms with Gasteiger partial charge in [0.05, 0.1) is 0 Å². The maximum atomic E-state index is 6.69.